The Kier molecular flexibility index (Phi) is 7.59. The van der Waals surface area contributed by atoms with E-state index < -0.39 is 5.97 Å². The minimum Gasteiger partial charge on any atom is -0.478 e. The molecule has 0 radical (unpaired) electrons. The first-order valence-electron chi connectivity index (χ1n) is 7.56. The summed E-state index contributed by atoms with van der Waals surface area (Å²) in [5.41, 5.74) is 11.3. The second kappa shape index (κ2) is 9.45. The topological polar surface area (TPSA) is 128 Å². The van der Waals surface area contributed by atoms with Crippen molar-refractivity contribution in [3.05, 3.63) is 29.3 Å². The van der Waals surface area contributed by atoms with Crippen molar-refractivity contribution in [1.29, 1.82) is 0 Å². The van der Waals surface area contributed by atoms with Gasteiger partial charge in [0.05, 0.1) is 5.56 Å². The Morgan fingerprint density at radius 3 is 2.57 bits per heavy atom. The molecule has 7 heteroatoms. The Labute approximate surface area is 135 Å². The predicted octanol–water partition coefficient (Wildman–Crippen LogP) is 1.69. The van der Waals surface area contributed by atoms with E-state index in [9.17, 15) is 9.59 Å². The maximum atomic E-state index is 11.8. The van der Waals surface area contributed by atoms with Crippen molar-refractivity contribution in [2.24, 2.45) is 16.5 Å². The van der Waals surface area contributed by atoms with Gasteiger partial charge in [-0.1, -0.05) is 13.3 Å². The van der Waals surface area contributed by atoms with Crippen molar-refractivity contribution in [1.82, 2.24) is 0 Å². The van der Waals surface area contributed by atoms with Crippen molar-refractivity contribution >= 4 is 17.9 Å². The number of carbonyl (C=O) groups is 2. The van der Waals surface area contributed by atoms with Crippen LogP contribution in [0.4, 0.5) is 0 Å². The molecule has 5 N–H and O–H groups in total. The van der Waals surface area contributed by atoms with Crippen LogP contribution in [0.15, 0.2) is 23.2 Å². The molecule has 0 aliphatic carbocycles. The van der Waals surface area contributed by atoms with Crippen LogP contribution in [0.5, 0.6) is 5.75 Å². The summed E-state index contributed by atoms with van der Waals surface area (Å²) in [5, 5.41) is 9.06. The van der Waals surface area contributed by atoms with Gasteiger partial charge in [0, 0.05) is 13.0 Å². The summed E-state index contributed by atoms with van der Waals surface area (Å²) in [6.07, 6.45) is 3.16. The number of ether oxygens (including phenoxy) is 1. The Morgan fingerprint density at radius 1 is 1.22 bits per heavy atom. The molecule has 23 heavy (non-hydrogen) atoms. The maximum absolute atomic E-state index is 11.8. The number of aryl methyl sites for hydroxylation is 1. The first-order chi connectivity index (χ1) is 10.9. The van der Waals surface area contributed by atoms with Crippen molar-refractivity contribution in [3.63, 3.8) is 0 Å². The molecule has 0 saturated carbocycles. The number of guanidine groups is 1. The molecule has 0 unspecified atom stereocenters. The molecule has 7 nitrogen and oxygen atoms in total. The molecule has 0 amide bonds. The molecule has 0 heterocycles. The van der Waals surface area contributed by atoms with Gasteiger partial charge in [-0.25, -0.2) is 4.79 Å². The van der Waals surface area contributed by atoms with Gasteiger partial charge in [0.1, 0.15) is 5.75 Å². The molecule has 0 aromatic heterocycles. The molecule has 0 atom stereocenters. The van der Waals surface area contributed by atoms with E-state index in [1.54, 1.807) is 6.07 Å². The molecule has 1 rings (SSSR count). The number of hydrogen-bond donors (Lipinski definition) is 3. The lowest BCUT2D eigenvalue weighted by Crippen LogP contribution is -2.22. The lowest BCUT2D eigenvalue weighted by Gasteiger charge is -2.08. The fourth-order valence-electron chi connectivity index (χ4n) is 2.08. The van der Waals surface area contributed by atoms with Crippen LogP contribution < -0.4 is 16.2 Å². The van der Waals surface area contributed by atoms with E-state index in [0.29, 0.717) is 37.1 Å². The summed E-state index contributed by atoms with van der Waals surface area (Å²) in [5.74, 6) is -0.879. The first-order valence-corrected chi connectivity index (χ1v) is 7.56. The smallest absolute Gasteiger partial charge is 0.335 e. The second-order valence-electron chi connectivity index (χ2n) is 5.07. The van der Waals surface area contributed by atoms with Crippen LogP contribution in [0, 0.1) is 0 Å². The highest BCUT2D eigenvalue weighted by Gasteiger charge is 2.11. The van der Waals surface area contributed by atoms with Crippen molar-refractivity contribution in [2.45, 2.75) is 39.0 Å². The Morgan fingerprint density at radius 2 is 1.96 bits per heavy atom. The summed E-state index contributed by atoms with van der Waals surface area (Å²) in [6.45, 7) is 2.40. The standard InChI is InChI=1S/C16H23N3O4/c1-2-11-10-12(7-8-13(11)15(21)22)23-14(20)6-4-3-5-9-19-16(17)18/h7-8,10H,2-6,9H2,1H3,(H,21,22)(H4,17,18,19). The number of aliphatic imine (C=N–C) groups is 1. The number of benzene rings is 1. The Balaban J connectivity index is 2.42. The highest BCUT2D eigenvalue weighted by Crippen LogP contribution is 2.19. The van der Waals surface area contributed by atoms with Crippen LogP contribution in [0.25, 0.3) is 0 Å². The number of esters is 1. The van der Waals surface area contributed by atoms with E-state index in [1.165, 1.54) is 12.1 Å². The fourth-order valence-corrected chi connectivity index (χ4v) is 2.08. The van der Waals surface area contributed by atoms with Gasteiger partial charge in [-0.3, -0.25) is 9.79 Å². The molecule has 0 aliphatic rings. The van der Waals surface area contributed by atoms with E-state index >= 15 is 0 Å². The molecule has 0 fully saturated rings. The third-order valence-electron chi connectivity index (χ3n) is 3.25. The molecular formula is C16H23N3O4. The number of nitrogens with two attached hydrogens (primary N) is 2. The largest absolute Gasteiger partial charge is 0.478 e. The molecule has 1 aromatic rings. The van der Waals surface area contributed by atoms with Gasteiger partial charge >= 0.3 is 11.9 Å². The zero-order valence-electron chi connectivity index (χ0n) is 13.2. The number of hydrogen-bond acceptors (Lipinski definition) is 4. The monoisotopic (exact) mass is 321 g/mol. The second-order valence-corrected chi connectivity index (χ2v) is 5.07. The van der Waals surface area contributed by atoms with Crippen LogP contribution >= 0.6 is 0 Å². The highest BCUT2D eigenvalue weighted by molar-refractivity contribution is 5.89. The van der Waals surface area contributed by atoms with Crippen LogP contribution in [0.1, 0.15) is 48.5 Å². The summed E-state index contributed by atoms with van der Waals surface area (Å²) in [7, 11) is 0. The van der Waals surface area contributed by atoms with E-state index in [2.05, 4.69) is 4.99 Å². The minimum absolute atomic E-state index is 0.0703. The first kappa shape index (κ1) is 18.5. The average molecular weight is 321 g/mol. The van der Waals surface area contributed by atoms with Gasteiger partial charge in [-0.15, -0.1) is 0 Å². The molecular weight excluding hydrogens is 298 g/mol. The van der Waals surface area contributed by atoms with Crippen LogP contribution in [-0.2, 0) is 11.2 Å². The maximum Gasteiger partial charge on any atom is 0.335 e. The SMILES string of the molecule is CCc1cc(OC(=O)CCCCCN=C(N)N)ccc1C(=O)O. The Hall–Kier alpha value is -2.57. The fraction of sp³-hybridized carbons (Fsp3) is 0.438. The molecule has 0 spiro atoms. The van der Waals surface area contributed by atoms with Gasteiger partial charge < -0.3 is 21.3 Å². The van der Waals surface area contributed by atoms with Crippen molar-refractivity contribution in [2.75, 3.05) is 6.54 Å². The lowest BCUT2D eigenvalue weighted by atomic mass is 10.1. The zero-order chi connectivity index (χ0) is 17.2. The quantitative estimate of drug-likeness (QED) is 0.209. The van der Waals surface area contributed by atoms with E-state index in [0.717, 1.165) is 12.8 Å². The van der Waals surface area contributed by atoms with Crippen molar-refractivity contribution in [3.8, 4) is 5.75 Å². The lowest BCUT2D eigenvalue weighted by molar-refractivity contribution is -0.134. The number of carbonyl (C=O) groups excluding carboxylic acids is 1. The van der Waals surface area contributed by atoms with Gasteiger partial charge in [0.25, 0.3) is 0 Å². The van der Waals surface area contributed by atoms with Crippen LogP contribution in [0.2, 0.25) is 0 Å². The van der Waals surface area contributed by atoms with Crippen LogP contribution in [-0.4, -0.2) is 29.5 Å². The number of carboxylic acids is 1. The average Bonchev–Trinajstić information content (AvgIpc) is 2.50. The number of nitrogens with zero attached hydrogens (tertiary/aromatic N) is 1. The van der Waals surface area contributed by atoms with Crippen LogP contribution in [0.3, 0.4) is 0 Å². The minimum atomic E-state index is -0.986. The predicted molar refractivity (Wildman–Crippen MR) is 87.6 cm³/mol. The number of unbranched alkanes of at least 4 members (excludes halogenated alkanes) is 2. The summed E-state index contributed by atoms with van der Waals surface area (Å²) < 4.78 is 5.24. The van der Waals surface area contributed by atoms with Gasteiger partial charge in [-0.2, -0.15) is 0 Å². The van der Waals surface area contributed by atoms with Crippen molar-refractivity contribution < 1.29 is 19.4 Å². The van der Waals surface area contributed by atoms with Gasteiger partial charge in [0.15, 0.2) is 5.96 Å². The zero-order valence-corrected chi connectivity index (χ0v) is 13.2. The summed E-state index contributed by atoms with van der Waals surface area (Å²) in [4.78, 5) is 26.7. The molecule has 0 bridgehead atoms. The molecule has 0 aliphatic heterocycles. The Bertz CT molecular complexity index is 581. The van der Waals surface area contributed by atoms with E-state index in [-0.39, 0.29) is 17.5 Å². The normalized spacial score (nSPS) is 10.1. The van der Waals surface area contributed by atoms with E-state index in [1.807, 2.05) is 6.92 Å². The van der Waals surface area contributed by atoms with E-state index in [4.69, 9.17) is 21.3 Å². The third-order valence-corrected chi connectivity index (χ3v) is 3.25. The number of rotatable bonds is 9. The molecule has 1 aromatic carbocycles. The van der Waals surface area contributed by atoms with Gasteiger partial charge in [0.2, 0.25) is 0 Å². The molecule has 0 saturated heterocycles. The molecule has 126 valence electrons. The summed E-state index contributed by atoms with van der Waals surface area (Å²) in [6, 6.07) is 4.55. The highest BCUT2D eigenvalue weighted by atomic mass is 16.5. The summed E-state index contributed by atoms with van der Waals surface area (Å²) >= 11 is 0. The third kappa shape index (κ3) is 6.82. The number of aromatic carboxylic acids is 1. The number of carboxylic acid groups (broad SMARTS) is 1. The van der Waals surface area contributed by atoms with Gasteiger partial charge in [-0.05, 0) is 43.0 Å².